The van der Waals surface area contributed by atoms with Crippen LogP contribution in [0.2, 0.25) is 0 Å². The van der Waals surface area contributed by atoms with Crippen molar-refractivity contribution in [3.8, 4) is 0 Å². The van der Waals surface area contributed by atoms with Gasteiger partial charge in [0.25, 0.3) is 0 Å². The van der Waals surface area contributed by atoms with Crippen LogP contribution in [0.4, 0.5) is 0 Å². The van der Waals surface area contributed by atoms with Crippen LogP contribution in [0, 0.1) is 0 Å². The summed E-state index contributed by atoms with van der Waals surface area (Å²) in [5.74, 6) is 0. The zero-order valence-electron chi connectivity index (χ0n) is 7.71. The van der Waals surface area contributed by atoms with Gasteiger partial charge < -0.3 is 10.6 Å². The van der Waals surface area contributed by atoms with Crippen molar-refractivity contribution in [2.24, 2.45) is 5.73 Å². The van der Waals surface area contributed by atoms with E-state index in [1.54, 1.807) is 0 Å². The zero-order valence-corrected chi connectivity index (χ0v) is 7.71. The Hall–Kier alpha value is -0.0800. The number of rotatable bonds is 3. The summed E-state index contributed by atoms with van der Waals surface area (Å²) in [7, 11) is 0. The van der Waals surface area contributed by atoms with E-state index < -0.39 is 0 Å². The quantitative estimate of drug-likeness (QED) is 0.665. The molecule has 1 fully saturated rings. The van der Waals surface area contributed by atoms with Crippen molar-refractivity contribution >= 4 is 0 Å². The topological polar surface area (TPSA) is 29.3 Å². The molecule has 1 aliphatic rings. The van der Waals surface area contributed by atoms with E-state index in [2.05, 4.69) is 18.7 Å². The first kappa shape index (κ1) is 9.01. The summed E-state index contributed by atoms with van der Waals surface area (Å²) in [6, 6.07) is 1.16. The highest BCUT2D eigenvalue weighted by molar-refractivity contribution is 4.75. The summed E-state index contributed by atoms with van der Waals surface area (Å²) in [5.41, 5.74) is 5.69. The van der Waals surface area contributed by atoms with Crippen molar-refractivity contribution in [2.75, 3.05) is 13.1 Å². The second kappa shape index (κ2) is 4.07. The van der Waals surface area contributed by atoms with Gasteiger partial charge in [-0.2, -0.15) is 0 Å². The summed E-state index contributed by atoms with van der Waals surface area (Å²) >= 11 is 0. The fraction of sp³-hybridized carbons (Fsp3) is 1.00. The molecule has 0 amide bonds. The van der Waals surface area contributed by atoms with Gasteiger partial charge in [0, 0.05) is 12.1 Å². The molecule has 2 unspecified atom stereocenters. The van der Waals surface area contributed by atoms with Crippen LogP contribution in [0.3, 0.4) is 0 Å². The molecule has 2 nitrogen and oxygen atoms in total. The van der Waals surface area contributed by atoms with Crippen LogP contribution in [0.25, 0.3) is 0 Å². The molecular weight excluding hydrogens is 136 g/mol. The van der Waals surface area contributed by atoms with Crippen molar-refractivity contribution in [2.45, 2.75) is 45.2 Å². The molecule has 0 aromatic heterocycles. The molecule has 0 aliphatic carbocycles. The molecule has 0 bridgehead atoms. The normalized spacial score (nSPS) is 29.2. The highest BCUT2D eigenvalue weighted by Gasteiger charge is 2.19. The van der Waals surface area contributed by atoms with Crippen LogP contribution in [0.5, 0.6) is 0 Å². The molecule has 1 heterocycles. The average Bonchev–Trinajstić information content (AvgIpc) is 2.31. The van der Waals surface area contributed by atoms with E-state index in [1.807, 2.05) is 0 Å². The Labute approximate surface area is 69.8 Å². The van der Waals surface area contributed by atoms with E-state index in [0.29, 0.717) is 6.04 Å². The van der Waals surface area contributed by atoms with Gasteiger partial charge in [-0.3, -0.25) is 0 Å². The lowest BCUT2D eigenvalue weighted by atomic mass is 10.2. The molecular formula is C9H20N2. The molecule has 2 atom stereocenters. The number of nitrogens with zero attached hydrogens (tertiary/aromatic N) is 1. The Morgan fingerprint density at radius 3 is 2.82 bits per heavy atom. The van der Waals surface area contributed by atoms with E-state index in [1.165, 1.54) is 25.9 Å². The van der Waals surface area contributed by atoms with Crippen LogP contribution in [-0.2, 0) is 0 Å². The van der Waals surface area contributed by atoms with Crippen molar-refractivity contribution in [3.63, 3.8) is 0 Å². The number of hydrogen-bond donors (Lipinski definition) is 1. The van der Waals surface area contributed by atoms with Gasteiger partial charge >= 0.3 is 0 Å². The van der Waals surface area contributed by atoms with Gasteiger partial charge in [0.15, 0.2) is 0 Å². The Bertz CT molecular complexity index is 112. The molecule has 2 N–H and O–H groups in total. The first-order valence-electron chi connectivity index (χ1n) is 4.70. The first-order chi connectivity index (χ1) is 5.20. The van der Waals surface area contributed by atoms with Gasteiger partial charge in [-0.15, -0.1) is 0 Å². The Balaban J connectivity index is 2.15. The minimum atomic E-state index is 0.364. The number of likely N-dealkylation sites (tertiary alicyclic amines) is 1. The van der Waals surface area contributed by atoms with E-state index in [-0.39, 0.29) is 0 Å². The fourth-order valence-electron chi connectivity index (χ4n) is 1.69. The van der Waals surface area contributed by atoms with Gasteiger partial charge in [0.05, 0.1) is 0 Å². The van der Waals surface area contributed by atoms with Gasteiger partial charge in [0.2, 0.25) is 0 Å². The summed E-state index contributed by atoms with van der Waals surface area (Å²) in [6.45, 7) is 6.88. The summed E-state index contributed by atoms with van der Waals surface area (Å²) in [6.07, 6.45) is 3.89. The molecule has 0 spiro atoms. The second-order valence-electron chi connectivity index (χ2n) is 3.79. The highest BCUT2D eigenvalue weighted by Crippen LogP contribution is 2.16. The molecule has 0 saturated carbocycles. The highest BCUT2D eigenvalue weighted by atomic mass is 15.2. The van der Waals surface area contributed by atoms with Crippen LogP contribution in [0.15, 0.2) is 0 Å². The second-order valence-corrected chi connectivity index (χ2v) is 3.79. The van der Waals surface area contributed by atoms with Gasteiger partial charge in [-0.05, 0) is 46.2 Å². The van der Waals surface area contributed by atoms with Crippen LogP contribution in [-0.4, -0.2) is 30.1 Å². The Morgan fingerprint density at radius 1 is 1.64 bits per heavy atom. The number of nitrogens with two attached hydrogens (primary N) is 1. The molecule has 2 heteroatoms. The maximum Gasteiger partial charge on any atom is 0.00674 e. The third-order valence-corrected chi connectivity index (χ3v) is 2.56. The van der Waals surface area contributed by atoms with Crippen LogP contribution in [0.1, 0.15) is 33.1 Å². The van der Waals surface area contributed by atoms with E-state index in [4.69, 9.17) is 5.73 Å². The molecule has 1 aliphatic heterocycles. The molecule has 0 aromatic rings. The smallest absolute Gasteiger partial charge is 0.00674 e. The van der Waals surface area contributed by atoms with Gasteiger partial charge in [-0.1, -0.05) is 0 Å². The molecule has 1 saturated heterocycles. The van der Waals surface area contributed by atoms with Crippen molar-refractivity contribution < 1.29 is 0 Å². The molecule has 66 valence electrons. The summed E-state index contributed by atoms with van der Waals surface area (Å²) in [4.78, 5) is 2.54. The SMILES string of the molecule is CC(N)CCN1CCCC1C. The summed E-state index contributed by atoms with van der Waals surface area (Å²) in [5, 5.41) is 0. The Morgan fingerprint density at radius 2 is 2.36 bits per heavy atom. The van der Waals surface area contributed by atoms with Gasteiger partial charge in [0.1, 0.15) is 0 Å². The fourth-order valence-corrected chi connectivity index (χ4v) is 1.69. The third kappa shape index (κ3) is 2.80. The van der Waals surface area contributed by atoms with E-state index >= 15 is 0 Å². The van der Waals surface area contributed by atoms with Crippen molar-refractivity contribution in [1.29, 1.82) is 0 Å². The lowest BCUT2D eigenvalue weighted by Crippen LogP contribution is -2.31. The third-order valence-electron chi connectivity index (χ3n) is 2.56. The largest absolute Gasteiger partial charge is 0.328 e. The predicted molar refractivity (Wildman–Crippen MR) is 48.5 cm³/mol. The van der Waals surface area contributed by atoms with Crippen LogP contribution >= 0.6 is 0 Å². The monoisotopic (exact) mass is 156 g/mol. The van der Waals surface area contributed by atoms with Crippen molar-refractivity contribution in [3.05, 3.63) is 0 Å². The molecule has 0 aromatic carbocycles. The van der Waals surface area contributed by atoms with Crippen LogP contribution < -0.4 is 5.73 Å². The standard InChI is InChI=1S/C9H20N2/c1-8(10)5-7-11-6-3-4-9(11)2/h8-9H,3-7,10H2,1-2H3. The summed E-state index contributed by atoms with van der Waals surface area (Å²) < 4.78 is 0. The van der Waals surface area contributed by atoms with E-state index in [9.17, 15) is 0 Å². The minimum absolute atomic E-state index is 0.364. The number of hydrogen-bond acceptors (Lipinski definition) is 2. The maximum atomic E-state index is 5.69. The Kier molecular flexibility index (Phi) is 3.34. The van der Waals surface area contributed by atoms with E-state index in [0.717, 1.165) is 12.5 Å². The molecule has 1 rings (SSSR count). The zero-order chi connectivity index (χ0) is 8.27. The molecule has 0 radical (unpaired) electrons. The van der Waals surface area contributed by atoms with Crippen molar-refractivity contribution in [1.82, 2.24) is 4.90 Å². The average molecular weight is 156 g/mol. The predicted octanol–water partition coefficient (Wildman–Crippen LogP) is 1.21. The lowest BCUT2D eigenvalue weighted by molar-refractivity contribution is 0.260. The van der Waals surface area contributed by atoms with Gasteiger partial charge in [-0.25, -0.2) is 0 Å². The minimum Gasteiger partial charge on any atom is -0.328 e. The first-order valence-corrected chi connectivity index (χ1v) is 4.70. The lowest BCUT2D eigenvalue weighted by Gasteiger charge is -2.21. The maximum absolute atomic E-state index is 5.69. The molecule has 11 heavy (non-hydrogen) atoms.